The average molecular weight is 439 g/mol. The summed E-state index contributed by atoms with van der Waals surface area (Å²) in [5.74, 6) is 2.12. The van der Waals surface area contributed by atoms with Gasteiger partial charge >= 0.3 is 6.09 Å². The van der Waals surface area contributed by atoms with E-state index in [4.69, 9.17) is 9.72 Å². The molecule has 1 fully saturated rings. The number of nitrogens with one attached hydrogen (secondary N) is 1. The lowest BCUT2D eigenvalue weighted by atomic mass is 9.99. The molecule has 1 aliphatic heterocycles. The smallest absolute Gasteiger partial charge is 0.409 e. The van der Waals surface area contributed by atoms with Crippen molar-refractivity contribution in [3.8, 4) is 11.4 Å². The second-order valence-corrected chi connectivity index (χ2v) is 9.28. The molecule has 0 bridgehead atoms. The number of aryl methyl sites for hydroxylation is 2. The summed E-state index contributed by atoms with van der Waals surface area (Å²) < 4.78 is 7.49. The number of carbonyl (C=O) groups excluding carboxylic acids is 1. The molecule has 1 amide bonds. The first-order valence-electron chi connectivity index (χ1n) is 10.9. The molecule has 1 aliphatic rings. The maximum atomic E-state index is 12.4. The van der Waals surface area contributed by atoms with Gasteiger partial charge in [-0.15, -0.1) is 0 Å². The van der Waals surface area contributed by atoms with Crippen LogP contribution in [0.1, 0.15) is 39.9 Å². The highest BCUT2D eigenvalue weighted by molar-refractivity contribution is 5.86. The lowest BCUT2D eigenvalue weighted by Gasteiger charge is -2.22. The molecule has 32 heavy (non-hydrogen) atoms. The Labute approximate surface area is 187 Å². The second kappa shape index (κ2) is 8.68. The molecule has 10 heteroatoms. The number of anilines is 1. The molecule has 170 valence electrons. The predicted molar refractivity (Wildman–Crippen MR) is 121 cm³/mol. The van der Waals surface area contributed by atoms with Crippen LogP contribution in [0.5, 0.6) is 0 Å². The second-order valence-electron chi connectivity index (χ2n) is 9.28. The van der Waals surface area contributed by atoms with Crippen LogP contribution < -0.4 is 5.32 Å². The van der Waals surface area contributed by atoms with Crippen LogP contribution in [0.3, 0.4) is 0 Å². The number of ether oxygens (including phenoxy) is 1. The average Bonchev–Trinajstić information content (AvgIpc) is 3.37. The molecule has 10 nitrogen and oxygen atoms in total. The Kier molecular flexibility index (Phi) is 5.94. The number of nitrogens with zero attached hydrogens (tertiary/aromatic N) is 7. The lowest BCUT2D eigenvalue weighted by molar-refractivity contribution is 0.0781. The van der Waals surface area contributed by atoms with Gasteiger partial charge in [-0.1, -0.05) is 20.8 Å². The summed E-state index contributed by atoms with van der Waals surface area (Å²) in [6.07, 6.45) is 5.62. The number of hydrogen-bond donors (Lipinski definition) is 1. The van der Waals surface area contributed by atoms with E-state index >= 15 is 0 Å². The minimum absolute atomic E-state index is 0.0576. The first kappa shape index (κ1) is 21.9. The van der Waals surface area contributed by atoms with Gasteiger partial charge in [-0.25, -0.2) is 29.7 Å². The van der Waals surface area contributed by atoms with Crippen molar-refractivity contribution < 1.29 is 9.53 Å². The van der Waals surface area contributed by atoms with E-state index in [1.165, 1.54) is 6.33 Å². The summed E-state index contributed by atoms with van der Waals surface area (Å²) in [6, 6.07) is 0.0632. The molecule has 4 heterocycles. The van der Waals surface area contributed by atoms with Gasteiger partial charge in [0.1, 0.15) is 18.0 Å². The van der Waals surface area contributed by atoms with Gasteiger partial charge < -0.3 is 19.5 Å². The molecular formula is C22H30N8O2. The molecule has 1 atom stereocenters. The van der Waals surface area contributed by atoms with Crippen LogP contribution in [0.25, 0.3) is 22.6 Å². The third-order valence-corrected chi connectivity index (χ3v) is 5.30. The molecule has 0 unspecified atom stereocenters. The van der Waals surface area contributed by atoms with Crippen molar-refractivity contribution >= 4 is 23.1 Å². The largest absolute Gasteiger partial charge is 0.449 e. The van der Waals surface area contributed by atoms with Crippen LogP contribution in [0.2, 0.25) is 0 Å². The molecular weight excluding hydrogens is 408 g/mol. The van der Waals surface area contributed by atoms with Crippen molar-refractivity contribution in [2.75, 3.05) is 25.0 Å². The van der Waals surface area contributed by atoms with Gasteiger partial charge in [0.25, 0.3) is 0 Å². The van der Waals surface area contributed by atoms with E-state index < -0.39 is 0 Å². The fourth-order valence-corrected chi connectivity index (χ4v) is 3.68. The molecule has 0 spiro atoms. The molecule has 1 saturated heterocycles. The maximum Gasteiger partial charge on any atom is 0.409 e. The molecule has 0 aliphatic carbocycles. The Balaban J connectivity index is 1.53. The zero-order valence-electron chi connectivity index (χ0n) is 19.3. The van der Waals surface area contributed by atoms with Crippen molar-refractivity contribution in [3.63, 3.8) is 0 Å². The first-order chi connectivity index (χ1) is 15.2. The summed E-state index contributed by atoms with van der Waals surface area (Å²) in [5.41, 5.74) is 2.21. The van der Waals surface area contributed by atoms with Gasteiger partial charge in [-0.2, -0.15) is 0 Å². The van der Waals surface area contributed by atoms with Crippen molar-refractivity contribution in [1.29, 1.82) is 0 Å². The van der Waals surface area contributed by atoms with Crippen LogP contribution in [0, 0.1) is 12.3 Å². The zero-order chi connectivity index (χ0) is 22.9. The van der Waals surface area contributed by atoms with E-state index in [0.717, 1.165) is 23.5 Å². The molecule has 0 aromatic carbocycles. The third-order valence-electron chi connectivity index (χ3n) is 5.30. The van der Waals surface area contributed by atoms with Crippen LogP contribution in [0.4, 0.5) is 10.6 Å². The SMILES string of the molecule is CCn1c(-c2cnc(C)nc2)nc2c(N[C@H]3CCN(C(=O)OCC(C)(C)C)C3)ncnc21. The van der Waals surface area contributed by atoms with Crippen molar-refractivity contribution in [3.05, 3.63) is 24.5 Å². The number of fused-ring (bicyclic) bond motifs is 1. The molecule has 0 saturated carbocycles. The Morgan fingerprint density at radius 2 is 1.97 bits per heavy atom. The number of carbonyl (C=O) groups is 1. The van der Waals surface area contributed by atoms with Gasteiger partial charge in [0.2, 0.25) is 0 Å². The van der Waals surface area contributed by atoms with Crippen LogP contribution in [0.15, 0.2) is 18.7 Å². The van der Waals surface area contributed by atoms with Gasteiger partial charge in [0.15, 0.2) is 17.0 Å². The maximum absolute atomic E-state index is 12.4. The van der Waals surface area contributed by atoms with E-state index in [9.17, 15) is 4.79 Å². The highest BCUT2D eigenvalue weighted by Crippen LogP contribution is 2.27. The Bertz CT molecular complexity index is 1100. The highest BCUT2D eigenvalue weighted by Gasteiger charge is 2.29. The van der Waals surface area contributed by atoms with E-state index in [-0.39, 0.29) is 17.6 Å². The fraction of sp³-hybridized carbons (Fsp3) is 0.545. The number of imidazole rings is 1. The molecule has 0 radical (unpaired) electrons. The summed E-state index contributed by atoms with van der Waals surface area (Å²) in [6.45, 7) is 12.3. The number of hydrogen-bond acceptors (Lipinski definition) is 8. The quantitative estimate of drug-likeness (QED) is 0.646. The minimum Gasteiger partial charge on any atom is -0.449 e. The van der Waals surface area contributed by atoms with Crippen LogP contribution >= 0.6 is 0 Å². The van der Waals surface area contributed by atoms with E-state index in [1.54, 1.807) is 17.3 Å². The van der Waals surface area contributed by atoms with Crippen molar-refractivity contribution in [1.82, 2.24) is 34.4 Å². The standard InChI is InChI=1S/C22H30N8O2/c1-6-30-19(15-9-23-14(2)24-10-15)28-17-18(25-13-26-20(17)30)27-16-7-8-29(11-16)21(31)32-12-22(3,4)5/h9-10,13,16H,6-8,11-12H2,1-5H3,(H,25,26,27)/t16-/m0/s1. The Morgan fingerprint density at radius 3 is 2.66 bits per heavy atom. The Hall–Kier alpha value is -3.30. The Morgan fingerprint density at radius 1 is 1.22 bits per heavy atom. The van der Waals surface area contributed by atoms with Gasteiger partial charge in [0.05, 0.1) is 12.2 Å². The topological polar surface area (TPSA) is 111 Å². The normalized spacial score (nSPS) is 16.5. The molecule has 1 N–H and O–H groups in total. The highest BCUT2D eigenvalue weighted by atomic mass is 16.6. The summed E-state index contributed by atoms with van der Waals surface area (Å²) in [4.78, 5) is 36.5. The van der Waals surface area contributed by atoms with E-state index in [2.05, 4.69) is 25.3 Å². The van der Waals surface area contributed by atoms with Gasteiger partial charge in [-0.05, 0) is 25.7 Å². The lowest BCUT2D eigenvalue weighted by Crippen LogP contribution is -2.33. The monoisotopic (exact) mass is 438 g/mol. The first-order valence-corrected chi connectivity index (χ1v) is 10.9. The summed E-state index contributed by atoms with van der Waals surface area (Å²) >= 11 is 0. The van der Waals surface area contributed by atoms with E-state index in [1.807, 2.05) is 39.2 Å². The minimum atomic E-state index is -0.269. The molecule has 3 aromatic heterocycles. The number of likely N-dealkylation sites (tertiary alicyclic amines) is 1. The molecule has 4 rings (SSSR count). The van der Waals surface area contributed by atoms with Crippen LogP contribution in [-0.4, -0.2) is 66.2 Å². The summed E-state index contributed by atoms with van der Waals surface area (Å²) in [5, 5.41) is 3.46. The number of rotatable bonds is 5. The van der Waals surface area contributed by atoms with Crippen molar-refractivity contribution in [2.45, 2.75) is 53.6 Å². The van der Waals surface area contributed by atoms with Gasteiger partial charge in [-0.3, -0.25) is 0 Å². The zero-order valence-corrected chi connectivity index (χ0v) is 19.3. The number of aromatic nitrogens is 6. The predicted octanol–water partition coefficient (Wildman–Crippen LogP) is 3.28. The number of amides is 1. The van der Waals surface area contributed by atoms with Crippen molar-refractivity contribution in [2.24, 2.45) is 5.41 Å². The van der Waals surface area contributed by atoms with E-state index in [0.29, 0.717) is 43.4 Å². The van der Waals surface area contributed by atoms with Gasteiger partial charge in [0, 0.05) is 38.1 Å². The summed E-state index contributed by atoms with van der Waals surface area (Å²) in [7, 11) is 0. The third kappa shape index (κ3) is 4.63. The fourth-order valence-electron chi connectivity index (χ4n) is 3.68. The van der Waals surface area contributed by atoms with Crippen LogP contribution in [-0.2, 0) is 11.3 Å². The molecule has 3 aromatic rings.